The molecule has 5 N–H and O–H groups in total. The van der Waals surface area contributed by atoms with Crippen LogP contribution >= 0.6 is 0 Å². The molecule has 1 rings (SSSR count). The van der Waals surface area contributed by atoms with E-state index in [0.717, 1.165) is 6.08 Å². The third-order valence-corrected chi connectivity index (χ3v) is 2.83. The SMILES string of the molecule is COc1ccc(C(O)C(O)CCN)cc1/C=C/C(=O)O. The minimum Gasteiger partial charge on any atom is -0.496 e. The van der Waals surface area contributed by atoms with Crippen molar-refractivity contribution >= 4 is 12.0 Å². The fourth-order valence-electron chi connectivity index (χ4n) is 1.78. The number of carboxylic acid groups (broad SMARTS) is 1. The van der Waals surface area contributed by atoms with Crippen LogP contribution in [0.5, 0.6) is 5.75 Å². The molecule has 0 aliphatic rings. The van der Waals surface area contributed by atoms with Gasteiger partial charge in [-0.2, -0.15) is 0 Å². The van der Waals surface area contributed by atoms with Crippen LogP contribution in [-0.2, 0) is 4.79 Å². The molecule has 0 aliphatic carbocycles. The lowest BCUT2D eigenvalue weighted by Crippen LogP contribution is -2.21. The van der Waals surface area contributed by atoms with Gasteiger partial charge in [-0.05, 0) is 36.7 Å². The van der Waals surface area contributed by atoms with E-state index in [1.165, 1.54) is 13.2 Å². The van der Waals surface area contributed by atoms with Gasteiger partial charge >= 0.3 is 5.97 Å². The van der Waals surface area contributed by atoms with E-state index >= 15 is 0 Å². The number of carboxylic acids is 1. The zero-order valence-electron chi connectivity index (χ0n) is 11.2. The molecule has 0 aromatic heterocycles. The maximum absolute atomic E-state index is 10.6. The third kappa shape index (κ3) is 4.34. The van der Waals surface area contributed by atoms with Gasteiger partial charge in [-0.3, -0.25) is 0 Å². The lowest BCUT2D eigenvalue weighted by Gasteiger charge is -2.18. The number of methoxy groups -OCH3 is 1. The summed E-state index contributed by atoms with van der Waals surface area (Å²) in [4.78, 5) is 10.6. The summed E-state index contributed by atoms with van der Waals surface area (Å²) in [6.45, 7) is 0.264. The molecule has 1 aromatic rings. The summed E-state index contributed by atoms with van der Waals surface area (Å²) in [5.41, 5.74) is 6.31. The van der Waals surface area contributed by atoms with Crippen molar-refractivity contribution in [3.63, 3.8) is 0 Å². The largest absolute Gasteiger partial charge is 0.496 e. The molecule has 20 heavy (non-hydrogen) atoms. The molecule has 0 heterocycles. The van der Waals surface area contributed by atoms with E-state index in [1.54, 1.807) is 18.2 Å². The number of aliphatic hydroxyl groups excluding tert-OH is 2. The molecule has 0 fully saturated rings. The Labute approximate surface area is 117 Å². The molecule has 0 saturated carbocycles. The zero-order valence-corrected chi connectivity index (χ0v) is 11.2. The normalized spacial score (nSPS) is 14.2. The molecule has 6 nitrogen and oxygen atoms in total. The molecule has 0 saturated heterocycles. The highest BCUT2D eigenvalue weighted by Gasteiger charge is 2.18. The Morgan fingerprint density at radius 1 is 1.45 bits per heavy atom. The van der Waals surface area contributed by atoms with Gasteiger partial charge in [0.2, 0.25) is 0 Å². The Hall–Kier alpha value is -1.89. The molecule has 0 radical (unpaired) electrons. The van der Waals surface area contributed by atoms with Crippen molar-refractivity contribution in [3.8, 4) is 5.75 Å². The van der Waals surface area contributed by atoms with E-state index in [2.05, 4.69) is 0 Å². The number of hydrogen-bond acceptors (Lipinski definition) is 5. The van der Waals surface area contributed by atoms with E-state index in [1.807, 2.05) is 0 Å². The second kappa shape index (κ2) is 7.64. The zero-order chi connectivity index (χ0) is 15.1. The molecule has 1 aromatic carbocycles. The van der Waals surface area contributed by atoms with Crippen molar-refractivity contribution in [2.45, 2.75) is 18.6 Å². The molecule has 2 unspecified atom stereocenters. The van der Waals surface area contributed by atoms with E-state index in [0.29, 0.717) is 16.9 Å². The number of nitrogens with two attached hydrogens (primary N) is 1. The summed E-state index contributed by atoms with van der Waals surface area (Å²) >= 11 is 0. The van der Waals surface area contributed by atoms with Gasteiger partial charge in [0.15, 0.2) is 0 Å². The van der Waals surface area contributed by atoms with Crippen molar-refractivity contribution in [3.05, 3.63) is 35.4 Å². The van der Waals surface area contributed by atoms with E-state index in [9.17, 15) is 15.0 Å². The highest BCUT2D eigenvalue weighted by Crippen LogP contribution is 2.26. The predicted octanol–water partition coefficient (Wildman–Crippen LogP) is 0.536. The first-order valence-electron chi connectivity index (χ1n) is 6.14. The monoisotopic (exact) mass is 281 g/mol. The minimum atomic E-state index is -1.08. The smallest absolute Gasteiger partial charge is 0.328 e. The van der Waals surface area contributed by atoms with Crippen LogP contribution in [-0.4, -0.2) is 41.0 Å². The fraction of sp³-hybridized carbons (Fsp3) is 0.357. The quantitative estimate of drug-likeness (QED) is 0.542. The van der Waals surface area contributed by atoms with Gasteiger partial charge in [-0.25, -0.2) is 4.79 Å². The number of rotatable bonds is 7. The van der Waals surface area contributed by atoms with Crippen LogP contribution in [0, 0.1) is 0 Å². The average molecular weight is 281 g/mol. The fourth-order valence-corrected chi connectivity index (χ4v) is 1.78. The molecular formula is C14H19NO5. The minimum absolute atomic E-state index is 0.264. The van der Waals surface area contributed by atoms with E-state index in [-0.39, 0.29) is 13.0 Å². The van der Waals surface area contributed by atoms with Crippen LogP contribution < -0.4 is 10.5 Å². The van der Waals surface area contributed by atoms with Gasteiger partial charge in [0.1, 0.15) is 11.9 Å². The molecule has 2 atom stereocenters. The lowest BCUT2D eigenvalue weighted by atomic mass is 9.99. The maximum Gasteiger partial charge on any atom is 0.328 e. The molecular weight excluding hydrogens is 262 g/mol. The highest BCUT2D eigenvalue weighted by molar-refractivity contribution is 5.86. The Bertz CT molecular complexity index is 486. The standard InChI is InChI=1S/C14H19NO5/c1-20-12-4-2-10(14(19)11(16)6-7-15)8-9(12)3-5-13(17)18/h2-5,8,11,14,16,19H,6-7,15H2,1H3,(H,17,18)/b5-3+. The van der Waals surface area contributed by atoms with E-state index < -0.39 is 18.2 Å². The number of hydrogen-bond donors (Lipinski definition) is 4. The van der Waals surface area contributed by atoms with Gasteiger partial charge in [-0.1, -0.05) is 6.07 Å². The molecule has 0 aliphatic heterocycles. The van der Waals surface area contributed by atoms with Crippen molar-refractivity contribution < 1.29 is 24.9 Å². The van der Waals surface area contributed by atoms with Crippen LogP contribution in [0.3, 0.4) is 0 Å². The first kappa shape index (κ1) is 16.2. The second-order valence-corrected chi connectivity index (χ2v) is 4.26. The van der Waals surface area contributed by atoms with Crippen molar-refractivity contribution in [1.29, 1.82) is 0 Å². The van der Waals surface area contributed by atoms with Gasteiger partial charge < -0.3 is 25.8 Å². The van der Waals surface area contributed by atoms with Crippen LogP contribution in [0.1, 0.15) is 23.7 Å². The number of carbonyl (C=O) groups is 1. The molecule has 6 heteroatoms. The van der Waals surface area contributed by atoms with Crippen LogP contribution in [0.15, 0.2) is 24.3 Å². The van der Waals surface area contributed by atoms with Gasteiger partial charge in [0.05, 0.1) is 13.2 Å². The third-order valence-electron chi connectivity index (χ3n) is 2.83. The van der Waals surface area contributed by atoms with Gasteiger partial charge in [-0.15, -0.1) is 0 Å². The second-order valence-electron chi connectivity index (χ2n) is 4.26. The first-order chi connectivity index (χ1) is 9.49. The molecule has 0 spiro atoms. The Morgan fingerprint density at radius 2 is 2.15 bits per heavy atom. The topological polar surface area (TPSA) is 113 Å². The van der Waals surface area contributed by atoms with Crippen LogP contribution in [0.2, 0.25) is 0 Å². The van der Waals surface area contributed by atoms with Gasteiger partial charge in [0, 0.05) is 11.6 Å². The van der Waals surface area contributed by atoms with E-state index in [4.69, 9.17) is 15.6 Å². The summed E-state index contributed by atoms with van der Waals surface area (Å²) < 4.78 is 5.11. The average Bonchev–Trinajstić information content (AvgIpc) is 2.44. The van der Waals surface area contributed by atoms with Crippen LogP contribution in [0.4, 0.5) is 0 Å². The Balaban J connectivity index is 3.05. The number of aliphatic hydroxyl groups is 2. The molecule has 110 valence electrons. The number of benzene rings is 1. The molecule has 0 bridgehead atoms. The summed E-state index contributed by atoms with van der Waals surface area (Å²) in [7, 11) is 1.47. The summed E-state index contributed by atoms with van der Waals surface area (Å²) in [6.07, 6.45) is 0.566. The maximum atomic E-state index is 10.6. The first-order valence-corrected chi connectivity index (χ1v) is 6.14. The Morgan fingerprint density at radius 3 is 2.70 bits per heavy atom. The Kier molecular flexibility index (Phi) is 6.17. The van der Waals surface area contributed by atoms with Crippen molar-refractivity contribution in [2.75, 3.05) is 13.7 Å². The van der Waals surface area contributed by atoms with Gasteiger partial charge in [0.25, 0.3) is 0 Å². The molecule has 0 amide bonds. The summed E-state index contributed by atoms with van der Waals surface area (Å²) in [5, 5.41) is 28.4. The lowest BCUT2D eigenvalue weighted by molar-refractivity contribution is -0.131. The van der Waals surface area contributed by atoms with Crippen LogP contribution in [0.25, 0.3) is 6.08 Å². The summed E-state index contributed by atoms with van der Waals surface area (Å²) in [6, 6.07) is 4.79. The highest BCUT2D eigenvalue weighted by atomic mass is 16.5. The van der Waals surface area contributed by atoms with Crippen molar-refractivity contribution in [1.82, 2.24) is 0 Å². The number of aliphatic carboxylic acids is 1. The van der Waals surface area contributed by atoms with Crippen molar-refractivity contribution in [2.24, 2.45) is 5.73 Å². The predicted molar refractivity (Wildman–Crippen MR) is 74.3 cm³/mol. The number of ether oxygens (including phenoxy) is 1. The summed E-state index contributed by atoms with van der Waals surface area (Å²) in [5.74, 6) is -0.604.